The van der Waals surface area contributed by atoms with Gasteiger partial charge in [0.2, 0.25) is 0 Å². The number of ether oxygens (including phenoxy) is 2. The van der Waals surface area contributed by atoms with Crippen LogP contribution in [0.2, 0.25) is 0 Å². The van der Waals surface area contributed by atoms with Gasteiger partial charge in [0, 0.05) is 13.0 Å². The van der Waals surface area contributed by atoms with Crippen molar-refractivity contribution in [2.45, 2.75) is 12.1 Å². The predicted molar refractivity (Wildman–Crippen MR) is 64.4 cm³/mol. The fourth-order valence-electron chi connectivity index (χ4n) is 2.40. The molecule has 103 valence electrons. The Labute approximate surface area is 112 Å². The molecule has 0 N–H and O–H groups in total. The highest BCUT2D eigenvalue weighted by molar-refractivity contribution is 5.85. The second-order valence-electron chi connectivity index (χ2n) is 4.31. The van der Waals surface area contributed by atoms with Crippen LogP contribution in [0.25, 0.3) is 0 Å². The van der Waals surface area contributed by atoms with E-state index in [4.69, 9.17) is 9.57 Å². The van der Waals surface area contributed by atoms with E-state index in [-0.39, 0.29) is 6.04 Å². The third-order valence-electron chi connectivity index (χ3n) is 3.27. The number of hydroxylamine groups is 2. The first kappa shape index (κ1) is 14.3. The summed E-state index contributed by atoms with van der Waals surface area (Å²) in [6.45, 7) is 0. The van der Waals surface area contributed by atoms with Crippen LogP contribution in [-0.2, 0) is 23.9 Å². The Morgan fingerprint density at radius 1 is 1.16 bits per heavy atom. The van der Waals surface area contributed by atoms with Crippen molar-refractivity contribution in [1.29, 1.82) is 0 Å². The standard InChI is InChI=1S/C13H16NO5/c1-14-10(8-6-4-5-7-8)9(12(15)17-2)11(19-14)13(16)18-3/h4-7,9-11H,1-3H3/t9-,10+,11-/m0/s1. The Morgan fingerprint density at radius 2 is 1.74 bits per heavy atom. The lowest BCUT2D eigenvalue weighted by molar-refractivity contribution is -0.181. The van der Waals surface area contributed by atoms with E-state index in [2.05, 4.69) is 4.74 Å². The maximum atomic E-state index is 12.0. The van der Waals surface area contributed by atoms with Crippen molar-refractivity contribution < 1.29 is 23.9 Å². The molecule has 1 heterocycles. The highest BCUT2D eigenvalue weighted by Gasteiger charge is 2.54. The molecular formula is C13H16NO5. The number of hydrogen-bond donors (Lipinski definition) is 0. The zero-order valence-corrected chi connectivity index (χ0v) is 11.0. The lowest BCUT2D eigenvalue weighted by atomic mass is 9.84. The summed E-state index contributed by atoms with van der Waals surface area (Å²) in [6, 6.07) is -0.369. The minimum absolute atomic E-state index is 0.369. The largest absolute Gasteiger partial charge is 0.469 e. The van der Waals surface area contributed by atoms with E-state index in [0.29, 0.717) is 0 Å². The van der Waals surface area contributed by atoms with Gasteiger partial charge < -0.3 is 9.47 Å². The van der Waals surface area contributed by atoms with Crippen LogP contribution < -0.4 is 0 Å². The van der Waals surface area contributed by atoms with Crippen LogP contribution in [0.3, 0.4) is 0 Å². The maximum Gasteiger partial charge on any atom is 0.338 e. The number of methoxy groups -OCH3 is 2. The molecule has 1 saturated carbocycles. The summed E-state index contributed by atoms with van der Waals surface area (Å²) in [4.78, 5) is 29.1. The van der Waals surface area contributed by atoms with Crippen molar-refractivity contribution in [2.24, 2.45) is 5.92 Å². The van der Waals surface area contributed by atoms with Gasteiger partial charge in [-0.25, -0.2) is 4.79 Å². The van der Waals surface area contributed by atoms with E-state index in [1.54, 1.807) is 7.05 Å². The first-order chi connectivity index (χ1) is 9.10. The van der Waals surface area contributed by atoms with E-state index < -0.39 is 24.0 Å². The number of esters is 2. The van der Waals surface area contributed by atoms with Crippen LogP contribution in [0.1, 0.15) is 0 Å². The highest BCUT2D eigenvalue weighted by Crippen LogP contribution is 2.39. The molecule has 0 spiro atoms. The molecule has 1 aliphatic carbocycles. The van der Waals surface area contributed by atoms with Gasteiger partial charge >= 0.3 is 11.9 Å². The van der Waals surface area contributed by atoms with Gasteiger partial charge in [0.15, 0.2) is 6.10 Å². The summed E-state index contributed by atoms with van der Waals surface area (Å²) in [6.07, 6.45) is 6.49. The lowest BCUT2D eigenvalue weighted by Crippen LogP contribution is -2.42. The van der Waals surface area contributed by atoms with Gasteiger partial charge in [-0.2, -0.15) is 5.06 Å². The Hall–Kier alpha value is -1.14. The molecule has 2 aliphatic rings. The van der Waals surface area contributed by atoms with Gasteiger partial charge in [-0.05, 0) is 25.7 Å². The Bertz CT molecular complexity index is 353. The van der Waals surface area contributed by atoms with Crippen molar-refractivity contribution in [1.82, 2.24) is 5.06 Å². The van der Waals surface area contributed by atoms with E-state index in [1.165, 1.54) is 19.3 Å². The van der Waals surface area contributed by atoms with E-state index >= 15 is 0 Å². The van der Waals surface area contributed by atoms with Crippen LogP contribution in [0.4, 0.5) is 0 Å². The van der Waals surface area contributed by atoms with Gasteiger partial charge in [0.25, 0.3) is 0 Å². The normalized spacial score (nSPS) is 32.5. The molecule has 0 bridgehead atoms. The average molecular weight is 266 g/mol. The molecule has 2 rings (SSSR count). The fraction of sp³-hybridized carbons (Fsp3) is 0.462. The summed E-state index contributed by atoms with van der Waals surface area (Å²) in [7, 11) is 4.23. The summed E-state index contributed by atoms with van der Waals surface area (Å²) in [5.74, 6) is -0.934. The van der Waals surface area contributed by atoms with Gasteiger partial charge in [-0.1, -0.05) is 0 Å². The summed E-state index contributed by atoms with van der Waals surface area (Å²) in [5, 5.41) is 1.50. The predicted octanol–water partition coefficient (Wildman–Crippen LogP) is -0.0319. The molecule has 0 aromatic rings. The minimum Gasteiger partial charge on any atom is -0.469 e. The second kappa shape index (κ2) is 5.88. The van der Waals surface area contributed by atoms with Crippen molar-refractivity contribution in [3.63, 3.8) is 0 Å². The Balaban J connectivity index is 2.23. The number of hydrogen-bond acceptors (Lipinski definition) is 6. The smallest absolute Gasteiger partial charge is 0.338 e. The molecule has 1 saturated heterocycles. The van der Waals surface area contributed by atoms with Crippen LogP contribution in [-0.4, -0.2) is 50.4 Å². The van der Waals surface area contributed by atoms with E-state index in [0.717, 1.165) is 5.92 Å². The highest BCUT2D eigenvalue weighted by atomic mass is 16.7. The monoisotopic (exact) mass is 266 g/mol. The zero-order chi connectivity index (χ0) is 14.0. The minimum atomic E-state index is -0.984. The topological polar surface area (TPSA) is 65.1 Å². The Kier molecular flexibility index (Phi) is 4.42. The molecule has 5 radical (unpaired) electrons. The number of carbonyl (C=O) groups is 2. The maximum absolute atomic E-state index is 12.0. The van der Waals surface area contributed by atoms with E-state index in [1.807, 2.05) is 25.7 Å². The van der Waals surface area contributed by atoms with Crippen LogP contribution in [0.5, 0.6) is 0 Å². The van der Waals surface area contributed by atoms with Gasteiger partial charge in [-0.15, -0.1) is 0 Å². The first-order valence-electron chi connectivity index (χ1n) is 5.87. The molecule has 2 fully saturated rings. The SMILES string of the molecule is COC(=O)[C@@H]1[C@@H](C(=O)OC)ON(C)[C@@H]1[C]1[CH][CH][CH][CH]1. The molecule has 19 heavy (non-hydrogen) atoms. The molecule has 6 nitrogen and oxygen atoms in total. The second-order valence-corrected chi connectivity index (χ2v) is 4.31. The summed E-state index contributed by atoms with van der Waals surface area (Å²) in [5.41, 5.74) is 0. The van der Waals surface area contributed by atoms with Crippen LogP contribution >= 0.6 is 0 Å². The van der Waals surface area contributed by atoms with Gasteiger partial charge in [0.1, 0.15) is 5.92 Å². The summed E-state index contributed by atoms with van der Waals surface area (Å²) < 4.78 is 9.46. The molecule has 0 aromatic carbocycles. The van der Waals surface area contributed by atoms with Gasteiger partial charge in [0.05, 0.1) is 20.3 Å². The fourth-order valence-corrected chi connectivity index (χ4v) is 2.40. The quantitative estimate of drug-likeness (QED) is 0.668. The lowest BCUT2D eigenvalue weighted by Gasteiger charge is -2.26. The average Bonchev–Trinajstić information content (AvgIpc) is 3.03. The molecule has 3 atom stereocenters. The van der Waals surface area contributed by atoms with Crippen LogP contribution in [0, 0.1) is 37.5 Å². The first-order valence-corrected chi connectivity index (χ1v) is 5.87. The molecule has 0 amide bonds. The number of carbonyl (C=O) groups excluding carboxylic acids is 2. The van der Waals surface area contributed by atoms with Crippen molar-refractivity contribution in [3.05, 3.63) is 31.6 Å². The third-order valence-corrected chi connectivity index (χ3v) is 3.27. The molecule has 0 unspecified atom stereocenters. The van der Waals surface area contributed by atoms with Gasteiger partial charge in [-0.3, -0.25) is 9.63 Å². The van der Waals surface area contributed by atoms with Crippen molar-refractivity contribution in [3.8, 4) is 0 Å². The van der Waals surface area contributed by atoms with Crippen molar-refractivity contribution >= 4 is 11.9 Å². The van der Waals surface area contributed by atoms with Crippen molar-refractivity contribution in [2.75, 3.05) is 21.3 Å². The summed E-state index contributed by atoms with van der Waals surface area (Å²) >= 11 is 0. The van der Waals surface area contributed by atoms with E-state index in [9.17, 15) is 9.59 Å². The zero-order valence-electron chi connectivity index (χ0n) is 11.0. The number of nitrogens with zero attached hydrogens (tertiary/aromatic N) is 1. The molecule has 0 aromatic heterocycles. The molecule has 6 heteroatoms. The number of rotatable bonds is 3. The third kappa shape index (κ3) is 2.60. The Morgan fingerprint density at radius 3 is 2.26 bits per heavy atom. The van der Waals surface area contributed by atoms with Crippen LogP contribution in [0.15, 0.2) is 0 Å². The molecular weight excluding hydrogens is 250 g/mol. The molecule has 1 aliphatic heterocycles.